The number of primary amides is 1. The standard InChI is InChI=1S/C13H13F3N6OS/c14-13(15,16)11-19-20-12(24-11)22-5-3-21(4-6-22)9-2-1-8(7-18-9)10(17)23/h1-2,7H,3-6H2,(H2,17,23). The minimum Gasteiger partial charge on any atom is -0.366 e. The molecular weight excluding hydrogens is 345 g/mol. The molecule has 0 saturated carbocycles. The number of carbonyl (C=O) groups excluding carboxylic acids is 1. The molecule has 1 amide bonds. The number of nitrogens with zero attached hydrogens (tertiary/aromatic N) is 5. The van der Waals surface area contributed by atoms with Crippen LogP contribution in [0.15, 0.2) is 18.3 Å². The zero-order chi connectivity index (χ0) is 17.3. The van der Waals surface area contributed by atoms with Crippen LogP contribution in [0.25, 0.3) is 0 Å². The first-order valence-electron chi connectivity index (χ1n) is 7.01. The largest absolute Gasteiger partial charge is 0.445 e. The summed E-state index contributed by atoms with van der Waals surface area (Å²) in [4.78, 5) is 19.0. The van der Waals surface area contributed by atoms with Crippen LogP contribution in [0.4, 0.5) is 24.1 Å². The number of amides is 1. The maximum atomic E-state index is 12.6. The van der Waals surface area contributed by atoms with Gasteiger partial charge < -0.3 is 15.5 Å². The van der Waals surface area contributed by atoms with E-state index in [4.69, 9.17) is 5.73 Å². The summed E-state index contributed by atoms with van der Waals surface area (Å²) in [6.45, 7) is 2.16. The fraction of sp³-hybridized carbons (Fsp3) is 0.385. The van der Waals surface area contributed by atoms with E-state index in [0.717, 1.165) is 0 Å². The van der Waals surface area contributed by atoms with Gasteiger partial charge >= 0.3 is 6.18 Å². The molecule has 0 radical (unpaired) electrons. The first-order chi connectivity index (χ1) is 11.3. The van der Waals surface area contributed by atoms with Gasteiger partial charge in [-0.2, -0.15) is 13.2 Å². The number of hydrogen-bond donors (Lipinski definition) is 1. The fourth-order valence-corrected chi connectivity index (χ4v) is 3.07. The Kier molecular flexibility index (Phi) is 4.26. The lowest BCUT2D eigenvalue weighted by Crippen LogP contribution is -2.46. The van der Waals surface area contributed by atoms with E-state index >= 15 is 0 Å². The second-order valence-electron chi connectivity index (χ2n) is 5.13. The smallest absolute Gasteiger partial charge is 0.366 e. The van der Waals surface area contributed by atoms with E-state index in [1.165, 1.54) is 6.20 Å². The molecule has 0 spiro atoms. The molecule has 0 unspecified atom stereocenters. The lowest BCUT2D eigenvalue weighted by atomic mass is 10.2. The molecule has 3 rings (SSSR count). The van der Waals surface area contributed by atoms with Crippen LogP contribution in [0.5, 0.6) is 0 Å². The summed E-state index contributed by atoms with van der Waals surface area (Å²) in [5, 5.41) is 6.14. The van der Waals surface area contributed by atoms with Crippen LogP contribution in [0.3, 0.4) is 0 Å². The highest BCUT2D eigenvalue weighted by molar-refractivity contribution is 7.15. The molecule has 2 aromatic rings. The van der Waals surface area contributed by atoms with Crippen LogP contribution in [0, 0.1) is 0 Å². The maximum absolute atomic E-state index is 12.6. The van der Waals surface area contributed by atoms with Crippen molar-refractivity contribution in [1.29, 1.82) is 0 Å². The van der Waals surface area contributed by atoms with Gasteiger partial charge in [0, 0.05) is 32.4 Å². The predicted octanol–water partition coefficient (Wildman–Crippen LogP) is 1.38. The number of carbonyl (C=O) groups is 1. The first-order valence-corrected chi connectivity index (χ1v) is 7.82. The molecule has 0 aliphatic carbocycles. The summed E-state index contributed by atoms with van der Waals surface area (Å²) >= 11 is 0.542. The van der Waals surface area contributed by atoms with E-state index in [2.05, 4.69) is 15.2 Å². The molecule has 7 nitrogen and oxygen atoms in total. The van der Waals surface area contributed by atoms with Crippen molar-refractivity contribution in [2.24, 2.45) is 5.73 Å². The van der Waals surface area contributed by atoms with E-state index in [1.54, 1.807) is 17.0 Å². The van der Waals surface area contributed by atoms with E-state index in [1.807, 2.05) is 4.90 Å². The van der Waals surface area contributed by atoms with E-state index < -0.39 is 17.1 Å². The molecule has 128 valence electrons. The Labute approximate surface area is 138 Å². The summed E-state index contributed by atoms with van der Waals surface area (Å²) in [6, 6.07) is 3.29. The van der Waals surface area contributed by atoms with Crippen LogP contribution in [0.2, 0.25) is 0 Å². The van der Waals surface area contributed by atoms with Crippen molar-refractivity contribution in [3.8, 4) is 0 Å². The van der Waals surface area contributed by atoms with Gasteiger partial charge in [-0.05, 0) is 12.1 Å². The number of alkyl halides is 3. The van der Waals surface area contributed by atoms with Gasteiger partial charge in [-0.15, -0.1) is 10.2 Å². The summed E-state index contributed by atoms with van der Waals surface area (Å²) in [5.74, 6) is 0.142. The van der Waals surface area contributed by atoms with Crippen molar-refractivity contribution in [2.75, 3.05) is 36.0 Å². The molecule has 1 saturated heterocycles. The van der Waals surface area contributed by atoms with Gasteiger partial charge in [0.2, 0.25) is 16.0 Å². The highest BCUT2D eigenvalue weighted by Gasteiger charge is 2.36. The molecule has 0 atom stereocenters. The lowest BCUT2D eigenvalue weighted by molar-refractivity contribution is -0.138. The van der Waals surface area contributed by atoms with Crippen molar-refractivity contribution >= 4 is 28.2 Å². The molecule has 1 aliphatic rings. The Balaban J connectivity index is 1.63. The monoisotopic (exact) mass is 358 g/mol. The topological polar surface area (TPSA) is 88.2 Å². The number of aromatic nitrogens is 3. The molecule has 0 bridgehead atoms. The third kappa shape index (κ3) is 3.40. The summed E-state index contributed by atoms with van der Waals surface area (Å²) < 4.78 is 37.7. The maximum Gasteiger partial charge on any atom is 0.445 e. The zero-order valence-electron chi connectivity index (χ0n) is 12.3. The Morgan fingerprint density at radius 3 is 2.29 bits per heavy atom. The van der Waals surface area contributed by atoms with Crippen molar-refractivity contribution in [3.05, 3.63) is 28.9 Å². The molecule has 2 N–H and O–H groups in total. The Morgan fingerprint density at radius 1 is 1.12 bits per heavy atom. The highest BCUT2D eigenvalue weighted by atomic mass is 32.1. The number of anilines is 2. The molecule has 1 aliphatic heterocycles. The SMILES string of the molecule is NC(=O)c1ccc(N2CCN(c3nnc(C(F)(F)F)s3)CC2)nc1. The van der Waals surface area contributed by atoms with Crippen molar-refractivity contribution in [1.82, 2.24) is 15.2 Å². The average molecular weight is 358 g/mol. The molecule has 0 aromatic carbocycles. The fourth-order valence-electron chi connectivity index (χ4n) is 2.30. The minimum absolute atomic E-state index is 0.263. The zero-order valence-corrected chi connectivity index (χ0v) is 13.1. The van der Waals surface area contributed by atoms with Crippen molar-refractivity contribution < 1.29 is 18.0 Å². The molecule has 2 aromatic heterocycles. The first kappa shape index (κ1) is 16.4. The second-order valence-corrected chi connectivity index (χ2v) is 6.09. The van der Waals surface area contributed by atoms with Crippen LogP contribution < -0.4 is 15.5 Å². The second kappa shape index (κ2) is 6.23. The number of pyridine rings is 1. The van der Waals surface area contributed by atoms with E-state index in [-0.39, 0.29) is 5.13 Å². The van der Waals surface area contributed by atoms with Gasteiger partial charge in [-0.3, -0.25) is 4.79 Å². The quantitative estimate of drug-likeness (QED) is 0.892. The van der Waals surface area contributed by atoms with Gasteiger partial charge in [0.05, 0.1) is 5.56 Å². The Hall–Kier alpha value is -2.43. The number of rotatable bonds is 3. The van der Waals surface area contributed by atoms with E-state index in [0.29, 0.717) is 48.9 Å². The minimum atomic E-state index is -4.47. The average Bonchev–Trinajstić information content (AvgIpc) is 3.05. The van der Waals surface area contributed by atoms with Crippen LogP contribution in [-0.4, -0.2) is 47.3 Å². The van der Waals surface area contributed by atoms with E-state index in [9.17, 15) is 18.0 Å². The Bertz CT molecular complexity index is 724. The summed E-state index contributed by atoms with van der Waals surface area (Å²) in [5.41, 5.74) is 5.49. The summed E-state index contributed by atoms with van der Waals surface area (Å²) in [7, 11) is 0. The molecular formula is C13H13F3N6OS. The van der Waals surface area contributed by atoms with Gasteiger partial charge in [0.25, 0.3) is 0 Å². The molecule has 3 heterocycles. The highest BCUT2D eigenvalue weighted by Crippen LogP contribution is 2.34. The third-order valence-electron chi connectivity index (χ3n) is 3.56. The number of hydrogen-bond acceptors (Lipinski definition) is 7. The van der Waals surface area contributed by atoms with Crippen molar-refractivity contribution in [3.63, 3.8) is 0 Å². The van der Waals surface area contributed by atoms with Crippen LogP contribution >= 0.6 is 11.3 Å². The molecule has 11 heteroatoms. The molecule has 1 fully saturated rings. The number of nitrogens with two attached hydrogens (primary N) is 1. The van der Waals surface area contributed by atoms with Crippen LogP contribution in [0.1, 0.15) is 15.4 Å². The van der Waals surface area contributed by atoms with Gasteiger partial charge in [-0.1, -0.05) is 11.3 Å². The van der Waals surface area contributed by atoms with Gasteiger partial charge in [-0.25, -0.2) is 4.98 Å². The number of halogens is 3. The number of piperazine rings is 1. The van der Waals surface area contributed by atoms with Crippen LogP contribution in [-0.2, 0) is 6.18 Å². The van der Waals surface area contributed by atoms with Crippen molar-refractivity contribution in [2.45, 2.75) is 6.18 Å². The van der Waals surface area contributed by atoms with Gasteiger partial charge in [0.15, 0.2) is 0 Å². The summed E-state index contributed by atoms with van der Waals surface area (Å²) in [6.07, 6.45) is -3.06. The predicted molar refractivity (Wildman–Crippen MR) is 82.1 cm³/mol. The third-order valence-corrected chi connectivity index (χ3v) is 4.59. The van der Waals surface area contributed by atoms with Gasteiger partial charge in [0.1, 0.15) is 5.82 Å². The Morgan fingerprint density at radius 2 is 1.79 bits per heavy atom. The lowest BCUT2D eigenvalue weighted by Gasteiger charge is -2.35. The molecule has 24 heavy (non-hydrogen) atoms. The normalized spacial score (nSPS) is 15.6.